The Hall–Kier alpha value is -3.06. The van der Waals surface area contributed by atoms with Gasteiger partial charge in [0, 0.05) is 17.9 Å². The lowest BCUT2D eigenvalue weighted by Crippen LogP contribution is -2.58. The van der Waals surface area contributed by atoms with Crippen LogP contribution in [0.15, 0.2) is 48.5 Å². The van der Waals surface area contributed by atoms with E-state index in [2.05, 4.69) is 12.2 Å². The van der Waals surface area contributed by atoms with Crippen molar-refractivity contribution >= 4 is 23.4 Å². The van der Waals surface area contributed by atoms with Gasteiger partial charge in [-0.15, -0.1) is 0 Å². The molecule has 0 spiro atoms. The van der Waals surface area contributed by atoms with Crippen molar-refractivity contribution in [1.82, 2.24) is 9.96 Å². The number of aryl methyl sites for hydroxylation is 2. The van der Waals surface area contributed by atoms with E-state index in [0.717, 1.165) is 30.4 Å². The molecule has 0 radical (unpaired) electrons. The average Bonchev–Trinajstić information content (AvgIpc) is 3.02. The van der Waals surface area contributed by atoms with E-state index in [0.29, 0.717) is 23.0 Å². The molecule has 1 atom stereocenters. The summed E-state index contributed by atoms with van der Waals surface area (Å²) < 4.78 is 0. The standard InChI is InChI=1S/C28H40N4O3/c1-6-7-8-9-10-11-20-30-27(34)31(24-18-14-22(3)15-19-24)25(28(30,4)5)32(35)26(33)29-23-16-12-21(2)13-17-23/h12-19,25,35H,6-11,20H2,1-5H3,(H,29,33)/t25-/m1/s1. The second kappa shape index (κ2) is 11.6. The van der Waals surface area contributed by atoms with Crippen LogP contribution in [-0.4, -0.2) is 45.5 Å². The number of carbonyl (C=O) groups is 2. The molecule has 35 heavy (non-hydrogen) atoms. The zero-order valence-electron chi connectivity index (χ0n) is 21.8. The average molecular weight is 481 g/mol. The Morgan fingerprint density at radius 1 is 0.943 bits per heavy atom. The Morgan fingerprint density at radius 2 is 1.49 bits per heavy atom. The third-order valence-corrected chi connectivity index (χ3v) is 6.80. The molecule has 2 N–H and O–H groups in total. The summed E-state index contributed by atoms with van der Waals surface area (Å²) in [5.74, 6) is 0. The van der Waals surface area contributed by atoms with Crippen molar-refractivity contribution in [1.29, 1.82) is 0 Å². The van der Waals surface area contributed by atoms with Crippen molar-refractivity contribution < 1.29 is 14.8 Å². The van der Waals surface area contributed by atoms with Crippen LogP contribution < -0.4 is 10.2 Å². The molecule has 3 rings (SSSR count). The maximum atomic E-state index is 13.7. The predicted octanol–water partition coefficient (Wildman–Crippen LogP) is 6.93. The van der Waals surface area contributed by atoms with E-state index in [1.54, 1.807) is 17.0 Å². The first-order chi connectivity index (χ1) is 16.7. The molecular weight excluding hydrogens is 440 g/mol. The largest absolute Gasteiger partial charge is 0.347 e. The molecular formula is C28H40N4O3. The third-order valence-electron chi connectivity index (χ3n) is 6.80. The number of nitrogens with one attached hydrogen (secondary N) is 1. The number of benzene rings is 2. The number of unbranched alkanes of at least 4 members (excludes halogenated alkanes) is 5. The van der Waals surface area contributed by atoms with Gasteiger partial charge in [-0.3, -0.25) is 10.1 Å². The monoisotopic (exact) mass is 480 g/mol. The van der Waals surface area contributed by atoms with Gasteiger partial charge in [0.05, 0.1) is 5.54 Å². The van der Waals surface area contributed by atoms with Gasteiger partial charge in [0.15, 0.2) is 6.17 Å². The topological polar surface area (TPSA) is 76.1 Å². The quantitative estimate of drug-likeness (QED) is 0.220. The summed E-state index contributed by atoms with van der Waals surface area (Å²) in [4.78, 5) is 30.1. The van der Waals surface area contributed by atoms with Crippen molar-refractivity contribution in [3.63, 3.8) is 0 Å². The number of urea groups is 2. The number of hydrogen-bond donors (Lipinski definition) is 2. The van der Waals surface area contributed by atoms with Crippen molar-refractivity contribution in [2.45, 2.75) is 84.8 Å². The molecule has 0 unspecified atom stereocenters. The van der Waals surface area contributed by atoms with E-state index >= 15 is 0 Å². The molecule has 7 nitrogen and oxygen atoms in total. The lowest BCUT2D eigenvalue weighted by Gasteiger charge is -2.38. The highest BCUT2D eigenvalue weighted by Crippen LogP contribution is 2.38. The summed E-state index contributed by atoms with van der Waals surface area (Å²) in [6, 6.07) is 14.0. The molecule has 1 saturated heterocycles. The van der Waals surface area contributed by atoms with Gasteiger partial charge in [0.25, 0.3) is 0 Å². The zero-order valence-corrected chi connectivity index (χ0v) is 21.8. The Labute approximate surface area is 209 Å². The van der Waals surface area contributed by atoms with Crippen LogP contribution in [0.5, 0.6) is 0 Å². The van der Waals surface area contributed by atoms with Crippen LogP contribution in [0.3, 0.4) is 0 Å². The molecule has 1 aliphatic heterocycles. The Balaban J connectivity index is 1.84. The Morgan fingerprint density at radius 3 is 2.09 bits per heavy atom. The van der Waals surface area contributed by atoms with Gasteiger partial charge < -0.3 is 10.2 Å². The number of amides is 4. The van der Waals surface area contributed by atoms with Crippen LogP contribution in [0.4, 0.5) is 21.0 Å². The number of nitrogens with zero attached hydrogens (tertiary/aromatic N) is 3. The van der Waals surface area contributed by atoms with E-state index in [9.17, 15) is 14.8 Å². The van der Waals surface area contributed by atoms with Gasteiger partial charge in [-0.2, -0.15) is 5.06 Å². The van der Waals surface area contributed by atoms with Crippen LogP contribution in [0.25, 0.3) is 0 Å². The van der Waals surface area contributed by atoms with Crippen molar-refractivity contribution in [3.8, 4) is 0 Å². The summed E-state index contributed by atoms with van der Waals surface area (Å²) in [7, 11) is 0. The van der Waals surface area contributed by atoms with E-state index in [1.807, 2.05) is 64.1 Å². The number of hydroxylamine groups is 2. The zero-order chi connectivity index (χ0) is 25.6. The summed E-state index contributed by atoms with van der Waals surface area (Å²) in [5.41, 5.74) is 2.55. The van der Waals surface area contributed by atoms with Crippen LogP contribution >= 0.6 is 0 Å². The van der Waals surface area contributed by atoms with Crippen molar-refractivity contribution in [2.24, 2.45) is 0 Å². The number of hydrogen-bond acceptors (Lipinski definition) is 3. The van der Waals surface area contributed by atoms with Gasteiger partial charge in [-0.05, 0) is 58.4 Å². The van der Waals surface area contributed by atoms with Crippen molar-refractivity contribution in [2.75, 3.05) is 16.8 Å². The first-order valence-electron chi connectivity index (χ1n) is 12.7. The summed E-state index contributed by atoms with van der Waals surface area (Å²) in [5, 5.41) is 14.6. The van der Waals surface area contributed by atoms with E-state index in [1.165, 1.54) is 24.2 Å². The summed E-state index contributed by atoms with van der Waals surface area (Å²) >= 11 is 0. The van der Waals surface area contributed by atoms with E-state index < -0.39 is 17.7 Å². The minimum Gasteiger partial charge on any atom is -0.315 e. The maximum Gasteiger partial charge on any atom is 0.347 e. The van der Waals surface area contributed by atoms with Crippen LogP contribution in [0, 0.1) is 13.8 Å². The second-order valence-electron chi connectivity index (χ2n) is 10.1. The molecule has 2 aromatic rings. The van der Waals surface area contributed by atoms with Crippen LogP contribution in [0.2, 0.25) is 0 Å². The number of carbonyl (C=O) groups excluding carboxylic acids is 2. The van der Waals surface area contributed by atoms with Gasteiger partial charge in [0.1, 0.15) is 0 Å². The highest BCUT2D eigenvalue weighted by molar-refractivity contribution is 5.98. The van der Waals surface area contributed by atoms with Gasteiger partial charge in [-0.1, -0.05) is 74.4 Å². The summed E-state index contributed by atoms with van der Waals surface area (Å²) in [6.45, 7) is 10.5. The molecule has 1 heterocycles. The molecule has 1 fully saturated rings. The van der Waals surface area contributed by atoms with Crippen LogP contribution in [0.1, 0.15) is 70.4 Å². The highest BCUT2D eigenvalue weighted by Gasteiger charge is 2.55. The van der Waals surface area contributed by atoms with Gasteiger partial charge >= 0.3 is 12.1 Å². The van der Waals surface area contributed by atoms with Gasteiger partial charge in [-0.25, -0.2) is 9.59 Å². The Kier molecular flexibility index (Phi) is 8.78. The number of rotatable bonds is 10. The first-order valence-corrected chi connectivity index (χ1v) is 12.7. The molecule has 7 heteroatoms. The first kappa shape index (κ1) is 26.5. The molecule has 0 saturated carbocycles. The fraction of sp³-hybridized carbons (Fsp3) is 0.500. The minimum absolute atomic E-state index is 0.209. The third kappa shape index (κ3) is 6.14. The molecule has 2 aromatic carbocycles. The fourth-order valence-electron chi connectivity index (χ4n) is 4.66. The van der Waals surface area contributed by atoms with E-state index in [-0.39, 0.29) is 6.03 Å². The number of anilines is 2. The molecule has 0 aliphatic carbocycles. The Bertz CT molecular complexity index is 988. The maximum absolute atomic E-state index is 13.7. The lowest BCUT2D eigenvalue weighted by atomic mass is 9.99. The van der Waals surface area contributed by atoms with Crippen molar-refractivity contribution in [3.05, 3.63) is 59.7 Å². The molecule has 0 aromatic heterocycles. The van der Waals surface area contributed by atoms with E-state index in [4.69, 9.17) is 0 Å². The fourth-order valence-corrected chi connectivity index (χ4v) is 4.66. The van der Waals surface area contributed by atoms with Crippen LogP contribution in [-0.2, 0) is 0 Å². The smallest absolute Gasteiger partial charge is 0.315 e. The molecule has 1 aliphatic rings. The molecule has 190 valence electrons. The second-order valence-corrected chi connectivity index (χ2v) is 10.1. The minimum atomic E-state index is -0.900. The SMILES string of the molecule is CCCCCCCCN1C(=O)N(c2ccc(C)cc2)[C@H](N(O)C(=O)Nc2ccc(C)cc2)C1(C)C. The normalized spacial score (nSPS) is 17.1. The molecule has 4 amide bonds. The molecule has 0 bridgehead atoms. The lowest BCUT2D eigenvalue weighted by molar-refractivity contribution is -0.0949. The predicted molar refractivity (Wildman–Crippen MR) is 141 cm³/mol. The van der Waals surface area contributed by atoms with Gasteiger partial charge in [0.2, 0.25) is 0 Å². The summed E-state index contributed by atoms with van der Waals surface area (Å²) in [6.07, 6.45) is 5.81. The highest BCUT2D eigenvalue weighted by atomic mass is 16.5.